The van der Waals surface area contributed by atoms with Gasteiger partial charge in [0.15, 0.2) is 0 Å². The Kier molecular flexibility index (Phi) is 2.92. The molecule has 0 aliphatic rings. The van der Waals surface area contributed by atoms with E-state index in [4.69, 9.17) is 0 Å². The van der Waals surface area contributed by atoms with Crippen LogP contribution in [0.15, 0.2) is 59.3 Å². The first kappa shape index (κ1) is 11.5. The van der Waals surface area contributed by atoms with Crippen molar-refractivity contribution < 1.29 is 0 Å². The fourth-order valence-electron chi connectivity index (χ4n) is 2.21. The molecule has 0 amide bonds. The summed E-state index contributed by atoms with van der Waals surface area (Å²) in [6, 6.07) is 17.0. The average molecular weight is 301 g/mol. The summed E-state index contributed by atoms with van der Waals surface area (Å²) in [5, 5.41) is 0. The van der Waals surface area contributed by atoms with E-state index in [1.165, 1.54) is 5.56 Å². The summed E-state index contributed by atoms with van der Waals surface area (Å²) >= 11 is 3.47. The Bertz CT molecular complexity index is 673. The maximum absolute atomic E-state index is 4.46. The van der Waals surface area contributed by atoms with Crippen molar-refractivity contribution >= 4 is 27.0 Å². The topological polar surface area (TPSA) is 17.8 Å². The number of imidazole rings is 1. The lowest BCUT2D eigenvalue weighted by atomic mass is 10.1. The lowest BCUT2D eigenvalue weighted by Crippen LogP contribution is -2.04. The predicted molar refractivity (Wildman–Crippen MR) is 77.7 cm³/mol. The fourth-order valence-corrected chi connectivity index (χ4v) is 2.55. The van der Waals surface area contributed by atoms with Crippen LogP contribution >= 0.6 is 15.9 Å². The van der Waals surface area contributed by atoms with E-state index in [0.717, 1.165) is 15.5 Å². The Morgan fingerprint density at radius 3 is 2.67 bits per heavy atom. The highest BCUT2D eigenvalue weighted by Crippen LogP contribution is 2.25. The maximum Gasteiger partial charge on any atom is 0.0964 e. The quantitative estimate of drug-likeness (QED) is 0.685. The number of hydrogen-bond donors (Lipinski definition) is 0. The van der Waals surface area contributed by atoms with Gasteiger partial charge in [-0.25, -0.2) is 4.98 Å². The minimum atomic E-state index is 0.289. The van der Waals surface area contributed by atoms with Crippen LogP contribution in [-0.4, -0.2) is 9.55 Å². The molecule has 0 fully saturated rings. The molecule has 1 atom stereocenters. The Hall–Kier alpha value is -1.61. The second-order valence-electron chi connectivity index (χ2n) is 4.37. The highest BCUT2D eigenvalue weighted by molar-refractivity contribution is 9.10. The van der Waals surface area contributed by atoms with Crippen LogP contribution in [0.5, 0.6) is 0 Å². The number of halogens is 1. The molecule has 18 heavy (non-hydrogen) atoms. The second-order valence-corrected chi connectivity index (χ2v) is 5.29. The van der Waals surface area contributed by atoms with Crippen molar-refractivity contribution in [3.8, 4) is 0 Å². The zero-order valence-corrected chi connectivity index (χ0v) is 11.6. The van der Waals surface area contributed by atoms with Crippen molar-refractivity contribution in [3.63, 3.8) is 0 Å². The van der Waals surface area contributed by atoms with E-state index in [0.29, 0.717) is 0 Å². The zero-order valence-electron chi connectivity index (χ0n) is 10.0. The Balaban J connectivity index is 2.10. The zero-order chi connectivity index (χ0) is 12.5. The third-order valence-electron chi connectivity index (χ3n) is 3.24. The van der Waals surface area contributed by atoms with Gasteiger partial charge in [-0.15, -0.1) is 0 Å². The van der Waals surface area contributed by atoms with Gasteiger partial charge in [0.2, 0.25) is 0 Å². The van der Waals surface area contributed by atoms with E-state index in [2.05, 4.69) is 68.8 Å². The van der Waals surface area contributed by atoms with Gasteiger partial charge < -0.3 is 4.57 Å². The molecule has 0 radical (unpaired) electrons. The lowest BCUT2D eigenvalue weighted by Gasteiger charge is -2.14. The first-order chi connectivity index (χ1) is 8.75. The van der Waals surface area contributed by atoms with Crippen LogP contribution in [0.2, 0.25) is 0 Å². The minimum Gasteiger partial charge on any atom is -0.323 e. The molecule has 2 aromatic carbocycles. The molecule has 0 saturated heterocycles. The molecular formula is C15H13BrN2. The summed E-state index contributed by atoms with van der Waals surface area (Å²) in [7, 11) is 0. The first-order valence-corrected chi connectivity index (χ1v) is 6.72. The summed E-state index contributed by atoms with van der Waals surface area (Å²) in [6.07, 6.45) is 1.91. The third kappa shape index (κ3) is 1.95. The highest BCUT2D eigenvalue weighted by Gasteiger charge is 2.10. The monoisotopic (exact) mass is 300 g/mol. The molecular weight excluding hydrogens is 288 g/mol. The van der Waals surface area contributed by atoms with Gasteiger partial charge in [0.25, 0.3) is 0 Å². The normalized spacial score (nSPS) is 12.8. The molecule has 2 nitrogen and oxygen atoms in total. The molecule has 0 bridgehead atoms. The van der Waals surface area contributed by atoms with Crippen LogP contribution in [0, 0.1) is 0 Å². The molecule has 0 N–H and O–H groups in total. The van der Waals surface area contributed by atoms with Crippen LogP contribution < -0.4 is 0 Å². The molecule has 0 aliphatic carbocycles. The van der Waals surface area contributed by atoms with Crippen LogP contribution in [0.3, 0.4) is 0 Å². The number of benzene rings is 2. The number of nitrogens with zero attached hydrogens (tertiary/aromatic N) is 2. The van der Waals surface area contributed by atoms with Crippen LogP contribution in [-0.2, 0) is 0 Å². The summed E-state index contributed by atoms with van der Waals surface area (Å²) in [5.41, 5.74) is 3.47. The van der Waals surface area contributed by atoms with E-state index >= 15 is 0 Å². The van der Waals surface area contributed by atoms with Crippen molar-refractivity contribution in [1.82, 2.24) is 9.55 Å². The average Bonchev–Trinajstić information content (AvgIpc) is 2.81. The SMILES string of the molecule is CC(c1ccccc1)n1cnc2cc(Br)ccc21. The van der Waals surface area contributed by atoms with Gasteiger partial charge in [-0.05, 0) is 30.7 Å². The number of hydrogen-bond acceptors (Lipinski definition) is 1. The van der Waals surface area contributed by atoms with Gasteiger partial charge in [-0.1, -0.05) is 46.3 Å². The van der Waals surface area contributed by atoms with E-state index in [-0.39, 0.29) is 6.04 Å². The lowest BCUT2D eigenvalue weighted by molar-refractivity contribution is 0.658. The largest absolute Gasteiger partial charge is 0.323 e. The molecule has 1 aromatic heterocycles. The Morgan fingerprint density at radius 1 is 1.11 bits per heavy atom. The van der Waals surface area contributed by atoms with Gasteiger partial charge in [0.05, 0.1) is 23.4 Å². The van der Waals surface area contributed by atoms with Crippen molar-refractivity contribution in [2.45, 2.75) is 13.0 Å². The summed E-state index contributed by atoms with van der Waals surface area (Å²) in [4.78, 5) is 4.46. The standard InChI is InChI=1S/C15H13BrN2/c1-11(12-5-3-2-4-6-12)18-10-17-14-9-13(16)7-8-15(14)18/h2-11H,1H3. The van der Waals surface area contributed by atoms with Gasteiger partial charge in [0, 0.05) is 4.47 Å². The van der Waals surface area contributed by atoms with E-state index < -0.39 is 0 Å². The Morgan fingerprint density at radius 2 is 1.89 bits per heavy atom. The molecule has 1 heterocycles. The second kappa shape index (κ2) is 4.58. The molecule has 1 unspecified atom stereocenters. The molecule has 0 saturated carbocycles. The van der Waals surface area contributed by atoms with Crippen molar-refractivity contribution in [1.29, 1.82) is 0 Å². The van der Waals surface area contributed by atoms with E-state index in [1.54, 1.807) is 0 Å². The van der Waals surface area contributed by atoms with Gasteiger partial charge in [0.1, 0.15) is 0 Å². The number of rotatable bonds is 2. The molecule has 0 spiro atoms. The van der Waals surface area contributed by atoms with E-state index in [9.17, 15) is 0 Å². The third-order valence-corrected chi connectivity index (χ3v) is 3.73. The molecule has 3 heteroatoms. The Labute approximate surface area is 114 Å². The molecule has 0 aliphatic heterocycles. The number of aromatic nitrogens is 2. The van der Waals surface area contributed by atoms with Crippen molar-refractivity contribution in [3.05, 3.63) is 64.9 Å². The van der Waals surface area contributed by atoms with Crippen LogP contribution in [0.25, 0.3) is 11.0 Å². The van der Waals surface area contributed by atoms with Gasteiger partial charge in [-0.2, -0.15) is 0 Å². The summed E-state index contributed by atoms with van der Waals surface area (Å²) in [5.74, 6) is 0. The van der Waals surface area contributed by atoms with E-state index in [1.807, 2.05) is 18.5 Å². The van der Waals surface area contributed by atoms with Crippen LogP contribution in [0.4, 0.5) is 0 Å². The summed E-state index contributed by atoms with van der Waals surface area (Å²) < 4.78 is 3.27. The maximum atomic E-state index is 4.46. The minimum absolute atomic E-state index is 0.289. The fraction of sp³-hybridized carbons (Fsp3) is 0.133. The van der Waals surface area contributed by atoms with Crippen LogP contribution in [0.1, 0.15) is 18.5 Å². The number of fused-ring (bicyclic) bond motifs is 1. The van der Waals surface area contributed by atoms with Gasteiger partial charge in [-0.3, -0.25) is 0 Å². The smallest absolute Gasteiger partial charge is 0.0964 e. The molecule has 3 aromatic rings. The molecule has 90 valence electrons. The summed E-state index contributed by atoms with van der Waals surface area (Å²) in [6.45, 7) is 2.19. The van der Waals surface area contributed by atoms with Crippen molar-refractivity contribution in [2.24, 2.45) is 0 Å². The molecule has 3 rings (SSSR count). The first-order valence-electron chi connectivity index (χ1n) is 5.93. The highest BCUT2D eigenvalue weighted by atomic mass is 79.9. The van der Waals surface area contributed by atoms with Gasteiger partial charge >= 0.3 is 0 Å². The predicted octanol–water partition coefficient (Wildman–Crippen LogP) is 4.41. The van der Waals surface area contributed by atoms with Crippen molar-refractivity contribution in [2.75, 3.05) is 0 Å².